The van der Waals surface area contributed by atoms with E-state index in [4.69, 9.17) is 10.2 Å². The molecule has 2 N–H and O–H groups in total. The molecule has 0 aromatic rings. The van der Waals surface area contributed by atoms with Crippen LogP contribution in [0.3, 0.4) is 0 Å². The molecule has 19 heavy (non-hydrogen) atoms. The Balaban J connectivity index is 2.48. The number of carboxylic acids is 1. The van der Waals surface area contributed by atoms with Crippen LogP contribution >= 0.6 is 0 Å². The molecule has 0 saturated heterocycles. The van der Waals surface area contributed by atoms with E-state index in [1.807, 2.05) is 0 Å². The summed E-state index contributed by atoms with van der Waals surface area (Å²) < 4.78 is 0. The van der Waals surface area contributed by atoms with E-state index >= 15 is 0 Å². The minimum absolute atomic E-state index is 0.0194. The molecular formula is C14H25NO4. The van der Waals surface area contributed by atoms with E-state index in [1.165, 1.54) is 24.2 Å². The zero-order valence-electron chi connectivity index (χ0n) is 11.7. The van der Waals surface area contributed by atoms with Crippen LogP contribution in [0.25, 0.3) is 0 Å². The van der Waals surface area contributed by atoms with Gasteiger partial charge in [-0.1, -0.05) is 26.2 Å². The van der Waals surface area contributed by atoms with Gasteiger partial charge in [-0.2, -0.15) is 0 Å². The van der Waals surface area contributed by atoms with Gasteiger partial charge in [0.05, 0.1) is 12.5 Å². The molecule has 1 fully saturated rings. The lowest BCUT2D eigenvalue weighted by Gasteiger charge is -2.27. The van der Waals surface area contributed by atoms with E-state index in [1.54, 1.807) is 6.92 Å². The van der Waals surface area contributed by atoms with Crippen LogP contribution in [-0.2, 0) is 9.59 Å². The highest BCUT2D eigenvalue weighted by Gasteiger charge is 2.23. The molecule has 5 heteroatoms. The Kier molecular flexibility index (Phi) is 6.84. The number of carbonyl (C=O) groups excluding carboxylic acids is 1. The third kappa shape index (κ3) is 5.59. The predicted molar refractivity (Wildman–Crippen MR) is 71.7 cm³/mol. The van der Waals surface area contributed by atoms with Gasteiger partial charge in [0.25, 0.3) is 0 Å². The van der Waals surface area contributed by atoms with E-state index in [2.05, 4.69) is 0 Å². The van der Waals surface area contributed by atoms with Crippen molar-refractivity contribution in [3.8, 4) is 0 Å². The maximum atomic E-state index is 12.2. The van der Waals surface area contributed by atoms with Gasteiger partial charge in [-0.3, -0.25) is 9.59 Å². The highest BCUT2D eigenvalue weighted by Crippen LogP contribution is 2.26. The quantitative estimate of drug-likeness (QED) is 0.735. The van der Waals surface area contributed by atoms with Crippen molar-refractivity contribution in [3.63, 3.8) is 0 Å². The molecule has 0 radical (unpaired) electrons. The van der Waals surface area contributed by atoms with Crippen LogP contribution in [0.5, 0.6) is 0 Å². The molecule has 1 atom stereocenters. The number of aliphatic carboxylic acids is 1. The fourth-order valence-corrected chi connectivity index (χ4v) is 2.61. The van der Waals surface area contributed by atoms with E-state index < -0.39 is 11.9 Å². The number of carbonyl (C=O) groups is 2. The predicted octanol–water partition coefficient (Wildman–Crippen LogP) is 1.50. The first kappa shape index (κ1) is 16.0. The average Bonchev–Trinajstić information content (AvgIpc) is 2.39. The minimum Gasteiger partial charge on any atom is -0.481 e. The summed E-state index contributed by atoms with van der Waals surface area (Å²) in [4.78, 5) is 24.5. The lowest BCUT2D eigenvalue weighted by molar-refractivity contribution is -0.143. The largest absolute Gasteiger partial charge is 0.481 e. The lowest BCUT2D eigenvalue weighted by atomic mass is 9.86. The van der Waals surface area contributed by atoms with Crippen molar-refractivity contribution in [2.45, 2.75) is 45.4 Å². The number of carboxylic acid groups (broad SMARTS) is 1. The van der Waals surface area contributed by atoms with Gasteiger partial charge in [-0.15, -0.1) is 0 Å². The molecule has 1 saturated carbocycles. The van der Waals surface area contributed by atoms with Crippen molar-refractivity contribution in [1.29, 1.82) is 0 Å². The molecule has 0 aromatic carbocycles. The monoisotopic (exact) mass is 271 g/mol. The van der Waals surface area contributed by atoms with Crippen molar-refractivity contribution in [1.82, 2.24) is 4.90 Å². The third-order valence-electron chi connectivity index (χ3n) is 3.83. The van der Waals surface area contributed by atoms with Crippen molar-refractivity contribution in [2.75, 3.05) is 19.7 Å². The molecule has 0 bridgehead atoms. The van der Waals surface area contributed by atoms with E-state index in [0.29, 0.717) is 12.3 Å². The Bertz CT molecular complexity index is 300. The number of amides is 1. The van der Waals surface area contributed by atoms with Gasteiger partial charge in [-0.25, -0.2) is 0 Å². The summed E-state index contributed by atoms with van der Waals surface area (Å²) in [6, 6.07) is 0. The Hall–Kier alpha value is -1.10. The van der Waals surface area contributed by atoms with Gasteiger partial charge >= 0.3 is 5.97 Å². The number of hydrogen-bond donors (Lipinski definition) is 2. The molecular weight excluding hydrogens is 246 g/mol. The molecule has 0 aliphatic heterocycles. The summed E-state index contributed by atoms with van der Waals surface area (Å²) in [7, 11) is 0. The summed E-state index contributed by atoms with van der Waals surface area (Å²) in [5, 5.41) is 17.9. The molecule has 0 spiro atoms. The van der Waals surface area contributed by atoms with Gasteiger partial charge in [0.2, 0.25) is 5.91 Å². The second kappa shape index (κ2) is 8.15. The van der Waals surface area contributed by atoms with Crippen molar-refractivity contribution < 1.29 is 19.8 Å². The summed E-state index contributed by atoms with van der Waals surface area (Å²) in [6.45, 7) is 1.87. The zero-order valence-corrected chi connectivity index (χ0v) is 11.7. The van der Waals surface area contributed by atoms with E-state index in [-0.39, 0.29) is 25.6 Å². The highest BCUT2D eigenvalue weighted by molar-refractivity contribution is 5.77. The molecule has 1 aliphatic carbocycles. The second-order valence-corrected chi connectivity index (χ2v) is 5.51. The molecule has 110 valence electrons. The maximum absolute atomic E-state index is 12.2. The van der Waals surface area contributed by atoms with Crippen LogP contribution in [-0.4, -0.2) is 46.7 Å². The molecule has 1 rings (SSSR count). The van der Waals surface area contributed by atoms with Gasteiger partial charge in [0.1, 0.15) is 0 Å². The molecule has 1 unspecified atom stereocenters. The van der Waals surface area contributed by atoms with Crippen LogP contribution in [0.15, 0.2) is 0 Å². The van der Waals surface area contributed by atoms with Gasteiger partial charge in [0, 0.05) is 19.5 Å². The number of nitrogens with zero attached hydrogens (tertiary/aromatic N) is 1. The smallest absolute Gasteiger partial charge is 0.308 e. The lowest BCUT2D eigenvalue weighted by Crippen LogP contribution is -2.39. The number of aliphatic hydroxyl groups is 1. The first-order valence-electron chi connectivity index (χ1n) is 7.16. The minimum atomic E-state index is -0.909. The van der Waals surface area contributed by atoms with Crippen LogP contribution in [0.1, 0.15) is 45.4 Å². The Morgan fingerprint density at radius 3 is 2.42 bits per heavy atom. The third-order valence-corrected chi connectivity index (χ3v) is 3.83. The summed E-state index contributed by atoms with van der Waals surface area (Å²) in [5.74, 6) is -1.09. The standard InChI is InChI=1S/C14H25NO4/c1-11(14(18)19)10-15(7-8-16)13(17)9-12-5-3-2-4-6-12/h11-12,16H,2-10H2,1H3,(H,18,19). The van der Waals surface area contributed by atoms with Gasteiger partial charge in [0.15, 0.2) is 0 Å². The Morgan fingerprint density at radius 2 is 1.89 bits per heavy atom. The second-order valence-electron chi connectivity index (χ2n) is 5.51. The van der Waals surface area contributed by atoms with Gasteiger partial charge < -0.3 is 15.1 Å². The first-order chi connectivity index (χ1) is 9.04. The fourth-order valence-electron chi connectivity index (χ4n) is 2.61. The highest BCUT2D eigenvalue weighted by atomic mass is 16.4. The van der Waals surface area contributed by atoms with Crippen LogP contribution in [0.4, 0.5) is 0 Å². The van der Waals surface area contributed by atoms with Crippen LogP contribution in [0.2, 0.25) is 0 Å². The first-order valence-corrected chi connectivity index (χ1v) is 7.16. The van der Waals surface area contributed by atoms with Gasteiger partial charge in [-0.05, 0) is 18.8 Å². The Morgan fingerprint density at radius 1 is 1.26 bits per heavy atom. The maximum Gasteiger partial charge on any atom is 0.308 e. The normalized spacial score (nSPS) is 18.0. The molecule has 0 heterocycles. The number of hydrogen-bond acceptors (Lipinski definition) is 3. The number of rotatable bonds is 7. The molecule has 1 amide bonds. The molecule has 5 nitrogen and oxygen atoms in total. The van der Waals surface area contributed by atoms with Crippen molar-refractivity contribution in [2.24, 2.45) is 11.8 Å². The zero-order chi connectivity index (χ0) is 14.3. The van der Waals surface area contributed by atoms with E-state index in [0.717, 1.165) is 12.8 Å². The summed E-state index contributed by atoms with van der Waals surface area (Å²) >= 11 is 0. The van der Waals surface area contributed by atoms with Crippen LogP contribution < -0.4 is 0 Å². The topological polar surface area (TPSA) is 77.8 Å². The summed E-state index contributed by atoms with van der Waals surface area (Å²) in [6.07, 6.45) is 6.29. The Labute approximate surface area is 114 Å². The van der Waals surface area contributed by atoms with Crippen molar-refractivity contribution >= 4 is 11.9 Å². The summed E-state index contributed by atoms with van der Waals surface area (Å²) in [5.41, 5.74) is 0. The van der Waals surface area contributed by atoms with E-state index in [9.17, 15) is 9.59 Å². The fraction of sp³-hybridized carbons (Fsp3) is 0.857. The van der Waals surface area contributed by atoms with Crippen molar-refractivity contribution in [3.05, 3.63) is 0 Å². The molecule has 0 aromatic heterocycles. The number of aliphatic hydroxyl groups excluding tert-OH is 1. The molecule has 1 aliphatic rings. The SMILES string of the molecule is CC(CN(CCO)C(=O)CC1CCCCC1)C(=O)O. The average molecular weight is 271 g/mol. The van der Waals surface area contributed by atoms with Crippen LogP contribution in [0, 0.1) is 11.8 Å².